The maximum absolute atomic E-state index is 13.2. The lowest BCUT2D eigenvalue weighted by Crippen LogP contribution is -2.29. The number of carbonyl (C=O) groups is 2. The quantitative estimate of drug-likeness (QED) is 0.398. The van der Waals surface area contributed by atoms with Crippen LogP contribution in [0.25, 0.3) is 0 Å². The largest absolute Gasteiger partial charge is 0.494 e. The van der Waals surface area contributed by atoms with Gasteiger partial charge >= 0.3 is 0 Å². The Kier molecular flexibility index (Phi) is 6.85. The zero-order valence-electron chi connectivity index (χ0n) is 17.2. The molecule has 2 heterocycles. The number of amides is 2. The molecule has 0 aromatic heterocycles. The fourth-order valence-electron chi connectivity index (χ4n) is 3.17. The normalized spacial score (nSPS) is 18.7. The third-order valence-corrected chi connectivity index (χ3v) is 7.43. The molecule has 164 valence electrons. The van der Waals surface area contributed by atoms with Crippen molar-refractivity contribution in [1.29, 1.82) is 0 Å². The van der Waals surface area contributed by atoms with Gasteiger partial charge in [-0.25, -0.2) is 0 Å². The van der Waals surface area contributed by atoms with Gasteiger partial charge in [-0.15, -0.1) is 0 Å². The molecule has 0 aliphatic carbocycles. The molecule has 2 aliphatic heterocycles. The Balaban J connectivity index is 1.61. The molecule has 0 bridgehead atoms. The summed E-state index contributed by atoms with van der Waals surface area (Å²) in [6.07, 6.45) is 0. The maximum Gasteiger partial charge on any atom is 0.272 e. The molecule has 0 atom stereocenters. The Morgan fingerprint density at radius 2 is 1.03 bits per heavy atom. The molecule has 10 heteroatoms. The van der Waals surface area contributed by atoms with Gasteiger partial charge in [-0.3, -0.25) is 19.4 Å². The van der Waals surface area contributed by atoms with Gasteiger partial charge in [0.05, 0.1) is 34.4 Å². The molecule has 4 rings (SSSR count). The summed E-state index contributed by atoms with van der Waals surface area (Å²) < 4.78 is 11.6. The minimum absolute atomic E-state index is 0.287. The number of anilines is 2. The van der Waals surface area contributed by atoms with Crippen LogP contribution in [0.3, 0.4) is 0 Å². The van der Waals surface area contributed by atoms with Crippen LogP contribution in [0.5, 0.6) is 11.5 Å². The summed E-state index contributed by atoms with van der Waals surface area (Å²) >= 11 is 13.1. The van der Waals surface area contributed by atoms with Crippen molar-refractivity contribution in [2.24, 2.45) is 0 Å². The lowest BCUT2D eigenvalue weighted by atomic mass is 10.2. The number of carbonyl (C=O) groups excluding carboxylic acids is 2. The number of thiocarbonyl (C=S) groups is 2. The molecule has 0 spiro atoms. The summed E-state index contributed by atoms with van der Waals surface area (Å²) in [4.78, 5) is 29.8. The van der Waals surface area contributed by atoms with Crippen molar-refractivity contribution in [3.8, 4) is 11.5 Å². The summed E-state index contributed by atoms with van der Waals surface area (Å²) in [5.74, 6) is 0.739. The standard InChI is InChI=1S/C22H18N2O4S4/c1-3-27-15-9-5-13(6-10-15)23-19(25)17(31-21(23)29)18-20(26)24(22(30)32-18)14-7-11-16(12-8-14)28-4-2/h5-12H,3-4H2,1-2H3. The van der Waals surface area contributed by atoms with E-state index in [-0.39, 0.29) is 21.6 Å². The Morgan fingerprint density at radius 1 is 0.688 bits per heavy atom. The van der Waals surface area contributed by atoms with Gasteiger partial charge < -0.3 is 9.47 Å². The first-order valence-electron chi connectivity index (χ1n) is 9.77. The molecule has 0 radical (unpaired) electrons. The van der Waals surface area contributed by atoms with Gasteiger partial charge in [-0.1, -0.05) is 48.0 Å². The smallest absolute Gasteiger partial charge is 0.272 e. The summed E-state index contributed by atoms with van der Waals surface area (Å²) in [5.41, 5.74) is 1.24. The molecule has 2 aliphatic rings. The van der Waals surface area contributed by atoms with Crippen LogP contribution in [-0.2, 0) is 9.59 Å². The molecule has 2 saturated heterocycles. The van der Waals surface area contributed by atoms with E-state index in [1.807, 2.05) is 13.8 Å². The molecule has 6 nitrogen and oxygen atoms in total. The van der Waals surface area contributed by atoms with Crippen molar-refractivity contribution in [2.75, 3.05) is 23.0 Å². The Morgan fingerprint density at radius 3 is 1.34 bits per heavy atom. The third kappa shape index (κ3) is 4.27. The molecule has 0 saturated carbocycles. The Labute approximate surface area is 204 Å². The van der Waals surface area contributed by atoms with E-state index in [2.05, 4.69) is 0 Å². The van der Waals surface area contributed by atoms with Crippen LogP contribution in [0.15, 0.2) is 58.3 Å². The predicted molar refractivity (Wildman–Crippen MR) is 138 cm³/mol. The number of hydrogen-bond donors (Lipinski definition) is 0. The van der Waals surface area contributed by atoms with Crippen molar-refractivity contribution >= 4 is 79.8 Å². The van der Waals surface area contributed by atoms with Gasteiger partial charge in [0.25, 0.3) is 11.8 Å². The number of benzene rings is 2. The summed E-state index contributed by atoms with van der Waals surface area (Å²) in [7, 11) is 0. The lowest BCUT2D eigenvalue weighted by Gasteiger charge is -2.15. The van der Waals surface area contributed by atoms with E-state index in [4.69, 9.17) is 33.9 Å². The first kappa shape index (κ1) is 22.8. The highest BCUT2D eigenvalue weighted by molar-refractivity contribution is 8.30. The highest BCUT2D eigenvalue weighted by Crippen LogP contribution is 2.44. The first-order chi connectivity index (χ1) is 15.4. The van der Waals surface area contributed by atoms with Gasteiger partial charge in [-0.05, 0) is 62.4 Å². The topological polar surface area (TPSA) is 59.1 Å². The van der Waals surface area contributed by atoms with Crippen LogP contribution in [0.2, 0.25) is 0 Å². The van der Waals surface area contributed by atoms with Crippen LogP contribution in [0, 0.1) is 0 Å². The summed E-state index contributed by atoms with van der Waals surface area (Å²) in [5, 5.41) is 0. The molecule has 2 amide bonds. The van der Waals surface area contributed by atoms with Gasteiger partial charge in [-0.2, -0.15) is 0 Å². The summed E-state index contributed by atoms with van der Waals surface area (Å²) in [6, 6.07) is 14.2. The van der Waals surface area contributed by atoms with E-state index in [9.17, 15) is 9.59 Å². The molecule has 2 aromatic carbocycles. The fourth-order valence-corrected chi connectivity index (χ4v) is 5.92. The second-order valence-corrected chi connectivity index (χ2v) is 9.82. The van der Waals surface area contributed by atoms with Gasteiger partial charge in [0.2, 0.25) is 0 Å². The lowest BCUT2D eigenvalue weighted by molar-refractivity contribution is -0.115. The summed E-state index contributed by atoms with van der Waals surface area (Å²) in [6.45, 7) is 4.91. The van der Waals surface area contributed by atoms with E-state index in [0.717, 1.165) is 23.5 Å². The number of thioether (sulfide) groups is 2. The van der Waals surface area contributed by atoms with Gasteiger partial charge in [0.1, 0.15) is 11.5 Å². The zero-order valence-corrected chi connectivity index (χ0v) is 20.5. The molecular formula is C22H18N2O4S4. The molecule has 32 heavy (non-hydrogen) atoms. The second-order valence-electron chi connectivity index (χ2n) is 6.53. The number of hydrogen-bond acceptors (Lipinski definition) is 8. The second kappa shape index (κ2) is 9.62. The van der Waals surface area contributed by atoms with Crippen LogP contribution >= 0.6 is 48.0 Å². The number of rotatable bonds is 6. The van der Waals surface area contributed by atoms with Crippen molar-refractivity contribution in [1.82, 2.24) is 0 Å². The average Bonchev–Trinajstić information content (AvgIpc) is 3.24. The SMILES string of the molecule is CCOc1ccc(N2C(=O)C(=C3SC(=S)N(c4ccc(OCC)cc4)C3=O)SC2=S)cc1. The maximum atomic E-state index is 13.2. The van der Waals surface area contributed by atoms with E-state index >= 15 is 0 Å². The van der Waals surface area contributed by atoms with E-state index < -0.39 is 0 Å². The fraction of sp³-hybridized carbons (Fsp3) is 0.182. The van der Waals surface area contributed by atoms with Crippen molar-refractivity contribution in [2.45, 2.75) is 13.8 Å². The van der Waals surface area contributed by atoms with Crippen molar-refractivity contribution in [3.63, 3.8) is 0 Å². The van der Waals surface area contributed by atoms with Gasteiger partial charge in [0.15, 0.2) is 8.64 Å². The van der Waals surface area contributed by atoms with Crippen LogP contribution in [0.4, 0.5) is 11.4 Å². The first-order valence-corrected chi connectivity index (χ1v) is 12.2. The number of nitrogens with zero attached hydrogens (tertiary/aromatic N) is 2. The van der Waals surface area contributed by atoms with E-state index in [0.29, 0.717) is 44.7 Å². The van der Waals surface area contributed by atoms with Crippen molar-refractivity contribution in [3.05, 3.63) is 58.3 Å². The molecule has 0 N–H and O–H groups in total. The third-order valence-electron chi connectivity index (χ3n) is 4.56. The average molecular weight is 503 g/mol. The molecule has 0 unspecified atom stereocenters. The molecular weight excluding hydrogens is 485 g/mol. The van der Waals surface area contributed by atoms with Crippen LogP contribution < -0.4 is 19.3 Å². The molecule has 2 aromatic rings. The zero-order chi connectivity index (χ0) is 22.8. The predicted octanol–water partition coefficient (Wildman–Crippen LogP) is 5.13. The highest BCUT2D eigenvalue weighted by atomic mass is 32.2. The van der Waals surface area contributed by atoms with E-state index in [1.54, 1.807) is 48.5 Å². The highest BCUT2D eigenvalue weighted by Gasteiger charge is 2.43. The van der Waals surface area contributed by atoms with Crippen LogP contribution in [-0.4, -0.2) is 33.7 Å². The Hall–Kier alpha value is -2.40. The Bertz CT molecular complexity index is 1040. The van der Waals surface area contributed by atoms with Gasteiger partial charge in [0, 0.05) is 0 Å². The van der Waals surface area contributed by atoms with Crippen LogP contribution in [0.1, 0.15) is 13.8 Å². The minimum Gasteiger partial charge on any atom is -0.494 e. The molecule has 2 fully saturated rings. The minimum atomic E-state index is -0.337. The monoisotopic (exact) mass is 502 g/mol. The van der Waals surface area contributed by atoms with Crippen molar-refractivity contribution < 1.29 is 19.1 Å². The number of ether oxygens (including phenoxy) is 2. The van der Waals surface area contributed by atoms with E-state index in [1.165, 1.54) is 9.80 Å².